The van der Waals surface area contributed by atoms with Crippen molar-refractivity contribution >= 4 is 68.2 Å². The molecule has 7 heterocycles. The van der Waals surface area contributed by atoms with E-state index in [1.54, 1.807) is 0 Å². The molecule has 1 unspecified atom stereocenters. The van der Waals surface area contributed by atoms with Crippen molar-refractivity contribution in [1.29, 1.82) is 0 Å². The van der Waals surface area contributed by atoms with Crippen LogP contribution in [0.5, 0.6) is 34.5 Å². The molecule has 0 aromatic heterocycles. The highest BCUT2D eigenvalue weighted by Gasteiger charge is 2.32. The molecule has 6 aromatic carbocycles. The number of nitrogens with two attached hydrogens (primary N) is 6. The smallest absolute Gasteiger partial charge is 0.144 e. The summed E-state index contributed by atoms with van der Waals surface area (Å²) in [4.78, 5) is 14.1. The topological polar surface area (TPSA) is 352 Å². The summed E-state index contributed by atoms with van der Waals surface area (Å²) in [7, 11) is 17.7. The fraction of sp³-hybridized carbons (Fsp3) is 0.604. The first-order valence-corrected chi connectivity index (χ1v) is 44.2. The van der Waals surface area contributed by atoms with Gasteiger partial charge >= 0.3 is 0 Å². The maximum absolute atomic E-state index is 9.35. The molecule has 13 rings (SSSR count). The highest BCUT2D eigenvalue weighted by atomic mass is 16.5. The number of likely N-dealkylation sites (tertiary alicyclic amines) is 1. The molecular formula is C91H156N18O12+6. The van der Waals surface area contributed by atoms with E-state index in [0.717, 1.165) is 274 Å². The number of fused-ring (bicyclic) bond motifs is 6. The molecule has 7 aliphatic rings. The maximum Gasteiger partial charge on any atom is 0.144 e. The van der Waals surface area contributed by atoms with Crippen molar-refractivity contribution < 1.29 is 86.0 Å². The lowest BCUT2D eigenvalue weighted by atomic mass is 10.1. The van der Waals surface area contributed by atoms with Crippen LogP contribution in [-0.2, 0) is 0 Å². The molecule has 1 fully saturated rings. The van der Waals surface area contributed by atoms with Gasteiger partial charge in [0, 0.05) is 96.5 Å². The number of aliphatic hydroxyl groups excluding tert-OH is 6. The molecule has 0 aliphatic carbocycles. The Morgan fingerprint density at radius 3 is 0.876 bits per heavy atom. The third-order valence-electron chi connectivity index (χ3n) is 25.0. The first-order chi connectivity index (χ1) is 57.9. The Hall–Kier alpha value is -8.76. The van der Waals surface area contributed by atoms with Gasteiger partial charge in [0.15, 0.2) is 0 Å². The van der Waals surface area contributed by atoms with Crippen molar-refractivity contribution in [2.75, 3.05) is 383 Å². The average Bonchev–Trinajstić information content (AvgIpc) is 0.846. The van der Waals surface area contributed by atoms with Crippen LogP contribution in [-0.4, -0.2) is 376 Å². The van der Waals surface area contributed by atoms with Crippen LogP contribution in [0.15, 0.2) is 109 Å². The quantitative estimate of drug-likeness (QED) is 0.0170. The summed E-state index contributed by atoms with van der Waals surface area (Å²) in [6.07, 6.45) is 6.37. The number of anilines is 12. The fourth-order valence-corrected chi connectivity index (χ4v) is 16.4. The van der Waals surface area contributed by atoms with Gasteiger partial charge in [-0.3, -0.25) is 0 Å². The molecule has 30 heteroatoms. The number of nitrogens with zero attached hydrogens (tertiary/aromatic N) is 12. The standard InChI is InChI=1S/C16H28N3O4.C16H28N3O2.C16H26N3O.C15H26N3O2.C14H24N3O2.C14H24N3O/c17-14-1-2-15-16(13-14)23-12-4-18(15)3-5-19(6-9-20,7-10-21)8-11-22;1-3-19(2,10-11-20)9-4-7-18-8-12-21-16-13-14(17)5-6-15(16)18;1-19(9-3-2-4-10-19)11-7-18-8-12-20-16-13-14(17)5-6-15(16)18;1-18(2,9-10-19)8-3-6-17-7-11-20-15-12-13(16)4-5-14(15)17;1-17(2,8-9-18)7-5-16-6-10-19-14-11-12(15)3-4-13(14)16;1-4-17(2,3)9-7-16-8-10-18-14-11-12(15)5-6-13(14)16/h1-2,13,20-22H,3-12,17H2;5-6,13,20H,3-4,7-12,17H2,1-2H3;5-6,13H,2-4,7-12,17H2,1H3;4-5,12,19H,3,6-11,16H2,1-2H3;3-4,11,18H,5-10,15H2,1-2H3;5-6,11H,4,7-10,15H2,1-3H3/q6*+1. The summed E-state index contributed by atoms with van der Waals surface area (Å²) in [5, 5.41) is 55.4. The first kappa shape index (κ1) is 97.7. The van der Waals surface area contributed by atoms with Crippen LogP contribution in [0.25, 0.3) is 0 Å². The second kappa shape index (κ2) is 47.8. The van der Waals surface area contributed by atoms with Crippen LogP contribution < -0.4 is 92.2 Å². The number of likely N-dealkylation sites (N-methyl/N-ethyl adjacent to an activating group) is 5. The molecule has 0 radical (unpaired) electrons. The average molecular weight is 1690 g/mol. The van der Waals surface area contributed by atoms with Gasteiger partial charge in [-0.05, 0) is 106 Å². The third-order valence-corrected chi connectivity index (χ3v) is 25.0. The Morgan fingerprint density at radius 2 is 0.579 bits per heavy atom. The molecule has 0 bridgehead atoms. The van der Waals surface area contributed by atoms with Gasteiger partial charge < -0.3 is 150 Å². The van der Waals surface area contributed by atoms with Crippen LogP contribution in [0.2, 0.25) is 0 Å². The van der Waals surface area contributed by atoms with E-state index in [-0.39, 0.29) is 39.6 Å². The lowest BCUT2D eigenvalue weighted by Crippen LogP contribution is -2.56. The first-order valence-electron chi connectivity index (χ1n) is 44.2. The van der Waals surface area contributed by atoms with Crippen LogP contribution in [0.4, 0.5) is 68.2 Å². The largest absolute Gasteiger partial charge is 0.489 e. The number of aliphatic hydroxyl groups is 6. The molecule has 676 valence electrons. The maximum atomic E-state index is 9.35. The molecule has 0 spiro atoms. The summed E-state index contributed by atoms with van der Waals surface area (Å²) in [5.74, 6) is 5.31. The molecule has 6 aromatic rings. The van der Waals surface area contributed by atoms with Gasteiger partial charge in [0.1, 0.15) is 113 Å². The Balaban J connectivity index is 0.000000181. The number of quaternary nitrogens is 6. The SMILES string of the molecule is CC[N+](C)(C)CCN1CCOc2cc(N)ccc21.CC[N+](C)(CCO)CCCN1CCOc2cc(N)ccc21.C[N+](C)(CCO)CCCN1CCOc2cc(N)ccc21.C[N+](C)(CCO)CCN1CCOc2cc(N)ccc21.C[N+]1(CCN2CCOc3cc(N)ccc32)CCCCC1.Nc1ccc2c(c1)OCCN2CC[N+](CCO)(CCO)CCO. The predicted molar refractivity (Wildman–Crippen MR) is 495 cm³/mol. The number of nitrogen functional groups attached to an aromatic ring is 6. The number of benzene rings is 6. The number of hydrogen-bond acceptors (Lipinski definition) is 24. The number of ether oxygens (including phenoxy) is 6. The molecule has 121 heavy (non-hydrogen) atoms. The van der Waals surface area contributed by atoms with Gasteiger partial charge in [0.05, 0.1) is 261 Å². The predicted octanol–water partition coefficient (Wildman–Crippen LogP) is 5.70. The van der Waals surface area contributed by atoms with Crippen molar-refractivity contribution in [2.45, 2.75) is 46.0 Å². The lowest BCUT2D eigenvalue weighted by molar-refractivity contribution is -0.927. The summed E-state index contributed by atoms with van der Waals surface area (Å²) < 4.78 is 39.4. The Labute approximate surface area is 723 Å². The normalized spacial score (nSPS) is 16.3. The molecular weight excluding hydrogens is 1540 g/mol. The summed E-state index contributed by atoms with van der Waals surface area (Å²) >= 11 is 0. The van der Waals surface area contributed by atoms with Crippen molar-refractivity contribution in [2.24, 2.45) is 0 Å². The second-order valence-electron chi connectivity index (χ2n) is 35.6. The summed E-state index contributed by atoms with van der Waals surface area (Å²) in [5.41, 5.74) is 46.0. The van der Waals surface area contributed by atoms with Gasteiger partial charge in [0.25, 0.3) is 0 Å². The lowest BCUT2D eigenvalue weighted by Gasteiger charge is -2.40. The zero-order chi connectivity index (χ0) is 87.6. The number of rotatable bonds is 34. The Morgan fingerprint density at radius 1 is 0.306 bits per heavy atom. The van der Waals surface area contributed by atoms with Gasteiger partial charge in [-0.15, -0.1) is 0 Å². The van der Waals surface area contributed by atoms with E-state index in [9.17, 15) is 20.4 Å². The Bertz CT molecular complexity index is 4030. The van der Waals surface area contributed by atoms with Gasteiger partial charge in [-0.25, -0.2) is 0 Å². The van der Waals surface area contributed by atoms with Crippen LogP contribution in [0, 0.1) is 0 Å². The molecule has 18 N–H and O–H groups in total. The van der Waals surface area contributed by atoms with Gasteiger partial charge in [0.2, 0.25) is 0 Å². The minimum atomic E-state index is 0.0379. The monoisotopic (exact) mass is 1690 g/mol. The van der Waals surface area contributed by atoms with Crippen molar-refractivity contribution in [1.82, 2.24) is 0 Å². The van der Waals surface area contributed by atoms with Crippen molar-refractivity contribution in [3.8, 4) is 34.5 Å². The van der Waals surface area contributed by atoms with E-state index in [0.29, 0.717) is 56.2 Å². The van der Waals surface area contributed by atoms with Crippen LogP contribution >= 0.6 is 0 Å². The fourth-order valence-electron chi connectivity index (χ4n) is 16.4. The minimum absolute atomic E-state index is 0.0379. The second-order valence-corrected chi connectivity index (χ2v) is 35.6. The summed E-state index contributed by atoms with van der Waals surface area (Å²) in [6.45, 7) is 36.0. The molecule has 1 atom stereocenters. The van der Waals surface area contributed by atoms with Gasteiger partial charge in [-0.1, -0.05) is 0 Å². The van der Waals surface area contributed by atoms with E-state index in [1.807, 2.05) is 97.1 Å². The van der Waals surface area contributed by atoms with E-state index in [1.165, 1.54) is 54.8 Å². The highest BCUT2D eigenvalue weighted by molar-refractivity contribution is 5.69. The van der Waals surface area contributed by atoms with Gasteiger partial charge in [-0.2, -0.15) is 0 Å². The van der Waals surface area contributed by atoms with E-state index >= 15 is 0 Å². The molecule has 0 amide bonds. The molecule has 7 aliphatic heterocycles. The molecule has 1 saturated heterocycles. The van der Waals surface area contributed by atoms with E-state index in [4.69, 9.17) is 73.0 Å². The Kier molecular flexibility index (Phi) is 38.6. The van der Waals surface area contributed by atoms with E-state index in [2.05, 4.69) is 112 Å². The number of piperidine rings is 1. The van der Waals surface area contributed by atoms with Crippen molar-refractivity contribution in [3.63, 3.8) is 0 Å². The zero-order valence-electron chi connectivity index (χ0n) is 75.2. The van der Waals surface area contributed by atoms with Crippen LogP contribution in [0.3, 0.4) is 0 Å². The van der Waals surface area contributed by atoms with Crippen LogP contribution in [0.1, 0.15) is 46.0 Å². The highest BCUT2D eigenvalue weighted by Crippen LogP contribution is 2.39. The molecule has 30 nitrogen and oxygen atoms in total. The summed E-state index contributed by atoms with van der Waals surface area (Å²) in [6, 6.07) is 35.1. The van der Waals surface area contributed by atoms with E-state index < -0.39 is 0 Å². The molecule has 0 saturated carbocycles. The minimum Gasteiger partial charge on any atom is -0.489 e. The van der Waals surface area contributed by atoms with Crippen molar-refractivity contribution in [3.05, 3.63) is 109 Å². The zero-order valence-corrected chi connectivity index (χ0v) is 75.2. The number of hydrogen-bond donors (Lipinski definition) is 12. The third kappa shape index (κ3) is 30.9.